The Balaban J connectivity index is 2.91. The molecule has 0 bridgehead atoms. The van der Waals surface area contributed by atoms with E-state index in [-0.39, 0.29) is 13.2 Å². The summed E-state index contributed by atoms with van der Waals surface area (Å²) in [4.78, 5) is 46.4. The lowest BCUT2D eigenvalue weighted by Gasteiger charge is -2.40. The largest absolute Gasteiger partial charge is 0.459 e. The summed E-state index contributed by atoms with van der Waals surface area (Å²) in [6, 6.07) is -1.13. The van der Waals surface area contributed by atoms with E-state index in [2.05, 4.69) is 0 Å². The van der Waals surface area contributed by atoms with Gasteiger partial charge in [-0.1, -0.05) is 0 Å². The second-order valence-electron chi connectivity index (χ2n) is 7.47. The van der Waals surface area contributed by atoms with E-state index >= 15 is 0 Å². The van der Waals surface area contributed by atoms with Crippen LogP contribution in [0.25, 0.3) is 0 Å². The first kappa shape index (κ1) is 24.8. The number of hydrogen-bond acceptors (Lipinski definition) is 11. The molecule has 29 heavy (non-hydrogen) atoms. The van der Waals surface area contributed by atoms with Crippen LogP contribution in [0.15, 0.2) is 0 Å². The molecule has 0 unspecified atom stereocenters. The Morgan fingerprint density at radius 2 is 1.48 bits per heavy atom. The maximum Gasteiger partial charge on any atom is 0.325 e. The van der Waals surface area contributed by atoms with Crippen molar-refractivity contribution in [2.24, 2.45) is 5.73 Å². The lowest BCUT2D eigenvalue weighted by Crippen LogP contribution is -2.58. The van der Waals surface area contributed by atoms with Gasteiger partial charge in [-0.15, -0.1) is 0 Å². The van der Waals surface area contributed by atoms with Crippen molar-refractivity contribution in [2.45, 2.75) is 77.8 Å². The number of ether oxygens (including phenoxy) is 6. The zero-order valence-corrected chi connectivity index (χ0v) is 17.5. The summed E-state index contributed by atoms with van der Waals surface area (Å²) >= 11 is 0. The van der Waals surface area contributed by atoms with Gasteiger partial charge in [0, 0.05) is 20.8 Å². The van der Waals surface area contributed by atoms with E-state index in [1.165, 1.54) is 6.92 Å². The molecular formula is C18H29NO10. The molecule has 2 N–H and O–H groups in total. The van der Waals surface area contributed by atoms with E-state index in [9.17, 15) is 19.2 Å². The standard InChI is InChI=1S/C18H29NO10/c1-9(20)26-13-8-25-17(15(28-11(3)22)14(13)27-10(2)21)24-7-12(19)16(23)29-18(4,5)6/h12-15,17H,7-8,19H2,1-6H3/t12-,13+,14+,15+,17+/m0/s1. The maximum absolute atomic E-state index is 12.0. The monoisotopic (exact) mass is 419 g/mol. The smallest absolute Gasteiger partial charge is 0.325 e. The van der Waals surface area contributed by atoms with E-state index in [1.54, 1.807) is 20.8 Å². The van der Waals surface area contributed by atoms with Crippen molar-refractivity contribution in [3.05, 3.63) is 0 Å². The van der Waals surface area contributed by atoms with Gasteiger partial charge in [0.1, 0.15) is 11.6 Å². The molecule has 1 saturated heterocycles. The molecule has 11 nitrogen and oxygen atoms in total. The van der Waals surface area contributed by atoms with Gasteiger partial charge in [0.25, 0.3) is 0 Å². The molecule has 1 aliphatic rings. The number of carbonyl (C=O) groups is 4. The fourth-order valence-corrected chi connectivity index (χ4v) is 2.50. The van der Waals surface area contributed by atoms with Crippen LogP contribution in [0.4, 0.5) is 0 Å². The third-order valence-electron chi connectivity index (χ3n) is 3.45. The van der Waals surface area contributed by atoms with Gasteiger partial charge < -0.3 is 34.2 Å². The molecule has 166 valence electrons. The van der Waals surface area contributed by atoms with E-state index in [1.807, 2.05) is 0 Å². The normalized spacial score (nSPS) is 25.5. The number of nitrogens with two attached hydrogens (primary N) is 1. The summed E-state index contributed by atoms with van der Waals surface area (Å²) in [5.41, 5.74) is 5.05. The Morgan fingerprint density at radius 1 is 0.966 bits per heavy atom. The highest BCUT2D eigenvalue weighted by Crippen LogP contribution is 2.25. The van der Waals surface area contributed by atoms with Gasteiger partial charge in [0.2, 0.25) is 0 Å². The van der Waals surface area contributed by atoms with Crippen molar-refractivity contribution in [3.8, 4) is 0 Å². The Hall–Kier alpha value is -2.24. The van der Waals surface area contributed by atoms with E-state index < -0.39 is 60.1 Å². The van der Waals surface area contributed by atoms with Gasteiger partial charge in [-0.2, -0.15) is 0 Å². The lowest BCUT2D eigenvalue weighted by molar-refractivity contribution is -0.281. The van der Waals surface area contributed by atoms with Gasteiger partial charge in [0.05, 0.1) is 13.2 Å². The van der Waals surface area contributed by atoms with Gasteiger partial charge in [-0.3, -0.25) is 19.2 Å². The predicted octanol–water partition coefficient (Wildman–Crippen LogP) is -0.177. The molecular weight excluding hydrogens is 390 g/mol. The SMILES string of the molecule is CC(=O)O[C@H]1[C@H](OC[C@H](N)C(=O)OC(C)(C)C)OC[C@@H](OC(C)=O)[C@H]1OC(C)=O. The van der Waals surface area contributed by atoms with Crippen molar-refractivity contribution in [1.82, 2.24) is 0 Å². The zero-order chi connectivity index (χ0) is 22.4. The van der Waals surface area contributed by atoms with E-state index in [0.29, 0.717) is 0 Å². The maximum atomic E-state index is 12.0. The Kier molecular flexibility index (Phi) is 8.99. The lowest BCUT2D eigenvalue weighted by atomic mass is 10.0. The van der Waals surface area contributed by atoms with Gasteiger partial charge in [-0.25, -0.2) is 0 Å². The van der Waals surface area contributed by atoms with Crippen LogP contribution in [-0.2, 0) is 47.6 Å². The summed E-state index contributed by atoms with van der Waals surface area (Å²) in [6.45, 7) is 8.04. The highest BCUT2D eigenvalue weighted by molar-refractivity contribution is 5.76. The average molecular weight is 419 g/mol. The summed E-state index contributed by atoms with van der Waals surface area (Å²) in [5.74, 6) is -2.71. The predicted molar refractivity (Wildman–Crippen MR) is 96.2 cm³/mol. The van der Waals surface area contributed by atoms with Crippen LogP contribution < -0.4 is 5.73 Å². The molecule has 1 fully saturated rings. The Morgan fingerprint density at radius 3 is 1.97 bits per heavy atom. The number of carbonyl (C=O) groups excluding carboxylic acids is 4. The highest BCUT2D eigenvalue weighted by Gasteiger charge is 2.47. The minimum absolute atomic E-state index is 0.193. The van der Waals surface area contributed by atoms with Crippen LogP contribution >= 0.6 is 0 Å². The van der Waals surface area contributed by atoms with Crippen molar-refractivity contribution in [3.63, 3.8) is 0 Å². The summed E-state index contributed by atoms with van der Waals surface area (Å²) in [7, 11) is 0. The molecule has 5 atom stereocenters. The van der Waals surface area contributed by atoms with Crippen LogP contribution in [0, 0.1) is 0 Å². The first-order valence-electron chi connectivity index (χ1n) is 9.03. The Bertz CT molecular complexity index is 614. The second-order valence-corrected chi connectivity index (χ2v) is 7.47. The minimum atomic E-state index is -1.25. The van der Waals surface area contributed by atoms with Crippen molar-refractivity contribution < 1.29 is 47.6 Å². The van der Waals surface area contributed by atoms with Crippen molar-refractivity contribution in [2.75, 3.05) is 13.2 Å². The van der Waals surface area contributed by atoms with Gasteiger partial charge in [-0.05, 0) is 20.8 Å². The molecule has 0 spiro atoms. The van der Waals surface area contributed by atoms with Crippen molar-refractivity contribution in [1.29, 1.82) is 0 Å². The molecule has 0 aromatic carbocycles. The Labute approximate surface area is 169 Å². The summed E-state index contributed by atoms with van der Waals surface area (Å²) in [5, 5.41) is 0. The number of hydrogen-bond donors (Lipinski definition) is 1. The number of esters is 4. The number of rotatable bonds is 7. The summed E-state index contributed by atoms with van der Waals surface area (Å²) < 4.78 is 31.6. The van der Waals surface area contributed by atoms with Gasteiger partial charge >= 0.3 is 23.9 Å². The molecule has 0 aromatic heterocycles. The second kappa shape index (κ2) is 10.5. The molecule has 0 saturated carbocycles. The van der Waals surface area contributed by atoms with Crippen LogP contribution in [0.2, 0.25) is 0 Å². The highest BCUT2D eigenvalue weighted by atomic mass is 16.7. The summed E-state index contributed by atoms with van der Waals surface area (Å²) in [6.07, 6.45) is -4.65. The minimum Gasteiger partial charge on any atom is -0.459 e. The van der Waals surface area contributed by atoms with E-state index in [0.717, 1.165) is 13.8 Å². The first-order chi connectivity index (χ1) is 13.3. The quantitative estimate of drug-likeness (QED) is 0.432. The molecule has 0 amide bonds. The van der Waals surface area contributed by atoms with Crippen LogP contribution in [0.3, 0.4) is 0 Å². The topological polar surface area (TPSA) is 150 Å². The van der Waals surface area contributed by atoms with Gasteiger partial charge in [0.15, 0.2) is 24.6 Å². The third kappa shape index (κ3) is 8.75. The molecule has 0 aromatic rings. The molecule has 0 radical (unpaired) electrons. The zero-order valence-electron chi connectivity index (χ0n) is 17.5. The van der Waals surface area contributed by atoms with Crippen LogP contribution in [0.5, 0.6) is 0 Å². The molecule has 1 rings (SSSR count). The average Bonchev–Trinajstić information content (AvgIpc) is 2.53. The van der Waals surface area contributed by atoms with Crippen molar-refractivity contribution >= 4 is 23.9 Å². The fraction of sp³-hybridized carbons (Fsp3) is 0.778. The van der Waals surface area contributed by atoms with Crippen LogP contribution in [-0.4, -0.2) is 73.3 Å². The van der Waals surface area contributed by atoms with Crippen LogP contribution in [0.1, 0.15) is 41.5 Å². The molecule has 11 heteroatoms. The molecule has 1 aliphatic heterocycles. The fourth-order valence-electron chi connectivity index (χ4n) is 2.50. The first-order valence-corrected chi connectivity index (χ1v) is 9.03. The molecule has 0 aliphatic carbocycles. The van der Waals surface area contributed by atoms with E-state index in [4.69, 9.17) is 34.2 Å². The molecule has 1 heterocycles. The third-order valence-corrected chi connectivity index (χ3v) is 3.45.